The Morgan fingerprint density at radius 2 is 1.90 bits per heavy atom. The summed E-state index contributed by atoms with van der Waals surface area (Å²) in [5.74, 6) is 0.414. The molecule has 0 amide bonds. The van der Waals surface area contributed by atoms with Gasteiger partial charge in [0.1, 0.15) is 11.3 Å². The van der Waals surface area contributed by atoms with E-state index < -0.39 is 11.9 Å². The molecule has 3 N–H and O–H groups in total. The second kappa shape index (κ2) is 9.43. The van der Waals surface area contributed by atoms with Crippen LogP contribution in [0.15, 0.2) is 36.8 Å². The van der Waals surface area contributed by atoms with E-state index in [1.807, 2.05) is 18.2 Å². The van der Waals surface area contributed by atoms with Crippen molar-refractivity contribution in [2.45, 2.75) is 44.6 Å². The molecular weight excluding hydrogens is 416 g/mol. The van der Waals surface area contributed by atoms with Crippen LogP contribution < -0.4 is 10.6 Å². The average molecular weight is 441 g/mol. The first-order valence-electron chi connectivity index (χ1n) is 10.5. The first-order valence-corrected chi connectivity index (χ1v) is 10.8. The van der Waals surface area contributed by atoms with Crippen molar-refractivity contribution in [2.75, 3.05) is 17.2 Å². The highest BCUT2D eigenvalue weighted by Gasteiger charge is 2.22. The Labute approximate surface area is 185 Å². The van der Waals surface area contributed by atoms with Gasteiger partial charge in [0.05, 0.1) is 5.92 Å². The molecule has 3 heterocycles. The van der Waals surface area contributed by atoms with Crippen LogP contribution >= 0.6 is 11.6 Å². The summed E-state index contributed by atoms with van der Waals surface area (Å²) >= 11 is 6.17. The Morgan fingerprint density at radius 1 is 1.16 bits per heavy atom. The SMILES string of the molecule is CC(C(=O)O)c1cnc(NCC2CCC(Nc3ccc4ccnc(Cl)c4n3)CC2)nc1. The number of rotatable bonds is 7. The fourth-order valence-electron chi connectivity index (χ4n) is 3.85. The number of anilines is 2. The summed E-state index contributed by atoms with van der Waals surface area (Å²) in [7, 11) is 0. The summed E-state index contributed by atoms with van der Waals surface area (Å²) in [5.41, 5.74) is 1.32. The smallest absolute Gasteiger partial charge is 0.310 e. The lowest BCUT2D eigenvalue weighted by Crippen LogP contribution is -2.29. The topological polar surface area (TPSA) is 113 Å². The molecule has 1 aliphatic rings. The number of hydrogen-bond acceptors (Lipinski definition) is 7. The zero-order valence-corrected chi connectivity index (χ0v) is 18.0. The van der Waals surface area contributed by atoms with Crippen molar-refractivity contribution in [2.24, 2.45) is 5.92 Å². The van der Waals surface area contributed by atoms with Gasteiger partial charge in [0.25, 0.3) is 0 Å². The van der Waals surface area contributed by atoms with Crippen LogP contribution in [0.25, 0.3) is 10.9 Å². The van der Waals surface area contributed by atoms with Crippen LogP contribution in [0, 0.1) is 5.92 Å². The molecule has 1 fully saturated rings. The van der Waals surface area contributed by atoms with Gasteiger partial charge in [0.15, 0.2) is 5.15 Å². The zero-order valence-electron chi connectivity index (χ0n) is 17.3. The molecule has 0 bridgehead atoms. The van der Waals surface area contributed by atoms with Crippen molar-refractivity contribution in [3.63, 3.8) is 0 Å². The molecule has 0 aromatic carbocycles. The van der Waals surface area contributed by atoms with Gasteiger partial charge in [-0.15, -0.1) is 0 Å². The van der Waals surface area contributed by atoms with Crippen molar-refractivity contribution in [1.29, 1.82) is 0 Å². The number of aliphatic carboxylic acids is 1. The van der Waals surface area contributed by atoms with Crippen molar-refractivity contribution in [1.82, 2.24) is 19.9 Å². The second-order valence-electron chi connectivity index (χ2n) is 8.01. The number of hydrogen-bond donors (Lipinski definition) is 3. The summed E-state index contributed by atoms with van der Waals surface area (Å²) < 4.78 is 0. The maximum atomic E-state index is 11.0. The second-order valence-corrected chi connectivity index (χ2v) is 8.37. The minimum Gasteiger partial charge on any atom is -0.481 e. The first kappa shape index (κ1) is 21.2. The first-order chi connectivity index (χ1) is 15.0. The van der Waals surface area contributed by atoms with Crippen LogP contribution in [0.3, 0.4) is 0 Å². The zero-order chi connectivity index (χ0) is 21.8. The molecule has 3 aromatic heterocycles. The molecule has 0 saturated heterocycles. The van der Waals surface area contributed by atoms with Crippen molar-refractivity contribution >= 4 is 40.2 Å². The van der Waals surface area contributed by atoms with Gasteiger partial charge < -0.3 is 15.7 Å². The molecular formula is C22H25ClN6O2. The van der Waals surface area contributed by atoms with E-state index in [0.29, 0.717) is 28.6 Å². The van der Waals surface area contributed by atoms with Gasteiger partial charge in [0.2, 0.25) is 5.95 Å². The number of aromatic nitrogens is 4. The molecule has 8 nitrogen and oxygen atoms in total. The van der Waals surface area contributed by atoms with Gasteiger partial charge >= 0.3 is 5.97 Å². The number of carbonyl (C=O) groups is 1. The molecule has 0 aliphatic heterocycles. The molecule has 1 saturated carbocycles. The normalized spacial score (nSPS) is 19.7. The Hall–Kier alpha value is -3.00. The highest BCUT2D eigenvalue weighted by Crippen LogP contribution is 2.28. The van der Waals surface area contributed by atoms with Crippen LogP contribution in [0.1, 0.15) is 44.1 Å². The molecule has 31 heavy (non-hydrogen) atoms. The summed E-state index contributed by atoms with van der Waals surface area (Å²) in [5, 5.41) is 17.3. The molecule has 0 radical (unpaired) electrons. The summed E-state index contributed by atoms with van der Waals surface area (Å²) in [6, 6.07) is 6.28. The van der Waals surface area contributed by atoms with Crippen LogP contribution in [-0.4, -0.2) is 43.6 Å². The number of halogens is 1. The fraction of sp³-hybridized carbons (Fsp3) is 0.409. The van der Waals surface area contributed by atoms with Crippen LogP contribution in [0.2, 0.25) is 5.15 Å². The third kappa shape index (κ3) is 5.19. The van der Waals surface area contributed by atoms with Crippen molar-refractivity contribution in [3.8, 4) is 0 Å². The van der Waals surface area contributed by atoms with E-state index >= 15 is 0 Å². The van der Waals surface area contributed by atoms with Gasteiger partial charge in [-0.05, 0) is 56.7 Å². The molecule has 3 aromatic rings. The minimum atomic E-state index is -0.881. The summed E-state index contributed by atoms with van der Waals surface area (Å²) in [6.45, 7) is 2.43. The van der Waals surface area contributed by atoms with Crippen LogP contribution in [0.5, 0.6) is 0 Å². The lowest BCUT2D eigenvalue weighted by atomic mass is 9.86. The van der Waals surface area contributed by atoms with Crippen LogP contribution in [-0.2, 0) is 4.79 Å². The number of nitrogens with zero attached hydrogens (tertiary/aromatic N) is 4. The van der Waals surface area contributed by atoms with Gasteiger partial charge in [0, 0.05) is 42.1 Å². The molecule has 4 rings (SSSR count). The van der Waals surface area contributed by atoms with E-state index in [1.165, 1.54) is 0 Å². The van der Waals surface area contributed by atoms with E-state index in [9.17, 15) is 4.79 Å². The van der Waals surface area contributed by atoms with Crippen molar-refractivity contribution in [3.05, 3.63) is 47.5 Å². The molecule has 1 aliphatic carbocycles. The molecule has 9 heteroatoms. The van der Waals surface area contributed by atoms with Crippen molar-refractivity contribution < 1.29 is 9.90 Å². The van der Waals surface area contributed by atoms with E-state index in [2.05, 4.69) is 30.6 Å². The number of nitrogens with one attached hydrogen (secondary N) is 2. The van der Waals surface area contributed by atoms with E-state index in [4.69, 9.17) is 16.7 Å². The van der Waals surface area contributed by atoms with Gasteiger partial charge in [-0.3, -0.25) is 4.79 Å². The predicted molar refractivity (Wildman–Crippen MR) is 120 cm³/mol. The van der Waals surface area contributed by atoms with Gasteiger partial charge in [-0.2, -0.15) is 0 Å². The minimum absolute atomic E-state index is 0.379. The summed E-state index contributed by atoms with van der Waals surface area (Å²) in [4.78, 5) is 28.3. The average Bonchev–Trinajstić information content (AvgIpc) is 2.79. The monoisotopic (exact) mass is 440 g/mol. The fourth-order valence-corrected chi connectivity index (χ4v) is 4.05. The van der Waals surface area contributed by atoms with E-state index in [1.54, 1.807) is 25.5 Å². The number of fused-ring (bicyclic) bond motifs is 1. The quantitative estimate of drug-likeness (QED) is 0.465. The molecule has 162 valence electrons. The van der Waals surface area contributed by atoms with E-state index in [0.717, 1.165) is 48.9 Å². The lowest BCUT2D eigenvalue weighted by molar-refractivity contribution is -0.138. The lowest BCUT2D eigenvalue weighted by Gasteiger charge is -2.29. The van der Waals surface area contributed by atoms with Crippen LogP contribution in [0.4, 0.5) is 11.8 Å². The molecule has 1 atom stereocenters. The van der Waals surface area contributed by atoms with Gasteiger partial charge in [-0.25, -0.2) is 19.9 Å². The Kier molecular flexibility index (Phi) is 6.46. The van der Waals surface area contributed by atoms with E-state index in [-0.39, 0.29) is 0 Å². The largest absolute Gasteiger partial charge is 0.481 e. The summed E-state index contributed by atoms with van der Waals surface area (Å²) in [6.07, 6.45) is 9.14. The molecule has 0 spiro atoms. The number of carboxylic acids is 1. The highest BCUT2D eigenvalue weighted by atomic mass is 35.5. The number of carboxylic acid groups (broad SMARTS) is 1. The molecule has 1 unspecified atom stereocenters. The Balaban J connectivity index is 1.25. The third-order valence-corrected chi connectivity index (χ3v) is 6.13. The maximum Gasteiger partial charge on any atom is 0.310 e. The predicted octanol–water partition coefficient (Wildman–Crippen LogP) is 4.34. The highest BCUT2D eigenvalue weighted by molar-refractivity contribution is 6.33. The maximum absolute atomic E-state index is 11.0. The van der Waals surface area contributed by atoms with Gasteiger partial charge in [-0.1, -0.05) is 11.6 Å². The Morgan fingerprint density at radius 3 is 2.61 bits per heavy atom. The standard InChI is InChI=1S/C22H25ClN6O2/c1-13(21(30)31)16-11-26-22(27-12-16)25-10-14-2-5-17(6-3-14)28-18-7-4-15-8-9-24-20(23)19(15)29-18/h4,7-9,11-14,17H,2-3,5-6,10H2,1H3,(H,28,29)(H,30,31)(H,25,26,27). The number of pyridine rings is 2. The Bertz CT molecular complexity index is 1050. The third-order valence-electron chi connectivity index (χ3n) is 5.85.